The van der Waals surface area contributed by atoms with E-state index in [9.17, 15) is 4.79 Å². The summed E-state index contributed by atoms with van der Waals surface area (Å²) in [5.41, 5.74) is 4.18. The zero-order valence-electron chi connectivity index (χ0n) is 16.0. The number of rotatable bonds is 5. The van der Waals surface area contributed by atoms with Crippen molar-refractivity contribution in [2.75, 3.05) is 20.7 Å². The minimum absolute atomic E-state index is 0. The lowest BCUT2D eigenvalue weighted by atomic mass is 9.94. The first-order valence-corrected chi connectivity index (χ1v) is 9.87. The molecule has 0 radical (unpaired) electrons. The van der Waals surface area contributed by atoms with Gasteiger partial charge in [0.15, 0.2) is 0 Å². The van der Waals surface area contributed by atoms with Gasteiger partial charge < -0.3 is 15.0 Å². The van der Waals surface area contributed by atoms with Crippen molar-refractivity contribution in [1.82, 2.24) is 10.3 Å². The maximum absolute atomic E-state index is 12.4. The van der Waals surface area contributed by atoms with E-state index in [-0.39, 0.29) is 18.0 Å². The van der Waals surface area contributed by atoms with Crippen LogP contribution in [0.25, 0.3) is 32.1 Å². The topological polar surface area (TPSA) is 54.1 Å². The number of benzene rings is 2. The van der Waals surface area contributed by atoms with Crippen molar-refractivity contribution >= 4 is 44.7 Å². The number of thiophene rings is 1. The molecular formula is C22H23ClN2O2S. The van der Waals surface area contributed by atoms with Crippen LogP contribution in [-0.4, -0.2) is 25.7 Å². The first-order chi connectivity index (χ1) is 13.1. The maximum atomic E-state index is 12.4. The molecule has 0 aliphatic carbocycles. The molecule has 0 bridgehead atoms. The van der Waals surface area contributed by atoms with Gasteiger partial charge in [0.2, 0.25) is 0 Å². The molecule has 0 aliphatic rings. The third kappa shape index (κ3) is 3.41. The first-order valence-electron chi connectivity index (χ1n) is 8.99. The van der Waals surface area contributed by atoms with Crippen LogP contribution in [-0.2, 0) is 0 Å². The lowest BCUT2D eigenvalue weighted by molar-refractivity contribution is 0.417. The largest absolute Gasteiger partial charge is 0.496 e. The van der Waals surface area contributed by atoms with Crippen molar-refractivity contribution in [1.29, 1.82) is 0 Å². The Morgan fingerprint density at radius 3 is 2.57 bits per heavy atom. The highest BCUT2D eigenvalue weighted by Crippen LogP contribution is 2.40. The van der Waals surface area contributed by atoms with Crippen molar-refractivity contribution in [2.45, 2.75) is 12.8 Å². The Morgan fingerprint density at radius 2 is 1.89 bits per heavy atom. The van der Waals surface area contributed by atoms with E-state index in [1.165, 1.54) is 16.9 Å². The second kappa shape index (κ2) is 8.35. The molecule has 0 saturated heterocycles. The number of ether oxygens (including phenoxy) is 1. The molecule has 28 heavy (non-hydrogen) atoms. The van der Waals surface area contributed by atoms with Gasteiger partial charge in [-0.1, -0.05) is 31.2 Å². The van der Waals surface area contributed by atoms with Gasteiger partial charge in [0.1, 0.15) is 10.4 Å². The standard InChI is InChI=1S/C22H22N2O2S.ClH/c1-13(12-23-2)14-4-6-15(7-5-14)19-18(26-3)9-8-17-20(19)16-10-11-27-21(16)22(25)24-17;/h4-11,13,23H,12H2,1-3H3,(H,24,25);1H/t13-;/m0./s1. The van der Waals surface area contributed by atoms with E-state index in [0.717, 1.165) is 44.4 Å². The summed E-state index contributed by atoms with van der Waals surface area (Å²) in [5, 5.41) is 7.19. The van der Waals surface area contributed by atoms with Crippen molar-refractivity contribution < 1.29 is 4.74 Å². The Bertz CT molecular complexity index is 1170. The van der Waals surface area contributed by atoms with Crippen LogP contribution in [0.15, 0.2) is 52.6 Å². The molecule has 4 nitrogen and oxygen atoms in total. The van der Waals surface area contributed by atoms with Gasteiger partial charge in [-0.25, -0.2) is 0 Å². The van der Waals surface area contributed by atoms with Gasteiger partial charge >= 0.3 is 0 Å². The van der Waals surface area contributed by atoms with Gasteiger partial charge in [-0.3, -0.25) is 4.79 Å². The number of likely N-dealkylation sites (N-methyl/N-ethyl adjacent to an activating group) is 1. The predicted octanol–water partition coefficient (Wildman–Crippen LogP) is 5.16. The fourth-order valence-corrected chi connectivity index (χ4v) is 4.48. The van der Waals surface area contributed by atoms with Crippen molar-refractivity contribution in [2.24, 2.45) is 0 Å². The maximum Gasteiger partial charge on any atom is 0.266 e. The van der Waals surface area contributed by atoms with Crippen LogP contribution < -0.4 is 15.6 Å². The molecular weight excluding hydrogens is 392 g/mol. The summed E-state index contributed by atoms with van der Waals surface area (Å²) in [7, 11) is 3.66. The van der Waals surface area contributed by atoms with Crippen LogP contribution in [0.4, 0.5) is 0 Å². The second-order valence-corrected chi connectivity index (χ2v) is 7.68. The molecule has 2 N–H and O–H groups in total. The molecule has 146 valence electrons. The average molecular weight is 415 g/mol. The van der Waals surface area contributed by atoms with E-state index < -0.39 is 0 Å². The lowest BCUT2D eigenvalue weighted by Gasteiger charge is -2.15. The smallest absolute Gasteiger partial charge is 0.266 e. The van der Waals surface area contributed by atoms with E-state index in [1.807, 2.05) is 30.6 Å². The van der Waals surface area contributed by atoms with Crippen molar-refractivity contribution in [3.8, 4) is 16.9 Å². The number of pyridine rings is 1. The molecule has 0 unspecified atom stereocenters. The quantitative estimate of drug-likeness (QED) is 0.474. The van der Waals surface area contributed by atoms with Crippen LogP contribution >= 0.6 is 23.7 Å². The Morgan fingerprint density at radius 1 is 1.14 bits per heavy atom. The van der Waals surface area contributed by atoms with Crippen molar-refractivity contribution in [3.63, 3.8) is 0 Å². The number of fused-ring (bicyclic) bond motifs is 3. The number of hydrogen-bond acceptors (Lipinski definition) is 4. The number of halogens is 1. The third-order valence-corrected chi connectivity index (χ3v) is 5.97. The van der Waals surface area contributed by atoms with Gasteiger partial charge in [0.25, 0.3) is 5.56 Å². The molecule has 4 aromatic rings. The molecule has 4 rings (SSSR count). The summed E-state index contributed by atoms with van der Waals surface area (Å²) in [6, 6.07) is 14.5. The number of aromatic nitrogens is 1. The van der Waals surface area contributed by atoms with Crippen LogP contribution in [0.3, 0.4) is 0 Å². The van der Waals surface area contributed by atoms with E-state index in [2.05, 4.69) is 41.5 Å². The molecule has 1 atom stereocenters. The summed E-state index contributed by atoms with van der Waals surface area (Å²) >= 11 is 1.47. The number of H-pyrrole nitrogens is 1. The normalized spacial score (nSPS) is 12.1. The molecule has 0 fully saturated rings. The highest BCUT2D eigenvalue weighted by Gasteiger charge is 2.16. The minimum Gasteiger partial charge on any atom is -0.496 e. The van der Waals surface area contributed by atoms with Gasteiger partial charge in [-0.2, -0.15) is 0 Å². The predicted molar refractivity (Wildman–Crippen MR) is 122 cm³/mol. The molecule has 0 aliphatic heterocycles. The number of nitrogens with one attached hydrogen (secondary N) is 2. The van der Waals surface area contributed by atoms with Gasteiger partial charge in [-0.15, -0.1) is 23.7 Å². The van der Waals surface area contributed by atoms with Gasteiger partial charge in [0.05, 0.1) is 7.11 Å². The monoisotopic (exact) mass is 414 g/mol. The second-order valence-electron chi connectivity index (χ2n) is 6.76. The summed E-state index contributed by atoms with van der Waals surface area (Å²) in [4.78, 5) is 15.4. The SMILES string of the molecule is CNC[C@H](C)c1ccc(-c2c(OC)ccc3[nH]c(=O)c4sccc4c23)cc1.Cl. The zero-order chi connectivity index (χ0) is 19.0. The first kappa shape index (κ1) is 20.4. The Kier molecular flexibility index (Phi) is 6.08. The molecule has 2 aromatic carbocycles. The summed E-state index contributed by atoms with van der Waals surface area (Å²) in [6.45, 7) is 3.15. The van der Waals surface area contributed by atoms with Crippen LogP contribution in [0, 0.1) is 0 Å². The van der Waals surface area contributed by atoms with Crippen molar-refractivity contribution in [3.05, 3.63) is 63.8 Å². The van der Waals surface area contributed by atoms with E-state index in [1.54, 1.807) is 7.11 Å². The molecule has 2 aromatic heterocycles. The minimum atomic E-state index is -0.0418. The van der Waals surface area contributed by atoms with E-state index in [0.29, 0.717) is 5.92 Å². The number of methoxy groups -OCH3 is 1. The number of aromatic amines is 1. The molecule has 0 spiro atoms. The fourth-order valence-electron chi connectivity index (χ4n) is 3.69. The van der Waals surface area contributed by atoms with Gasteiger partial charge in [-0.05, 0) is 47.7 Å². The lowest BCUT2D eigenvalue weighted by Crippen LogP contribution is -2.14. The summed E-state index contributed by atoms with van der Waals surface area (Å²) in [5.74, 6) is 1.25. The molecule has 0 saturated carbocycles. The van der Waals surface area contributed by atoms with Crippen LogP contribution in [0.2, 0.25) is 0 Å². The zero-order valence-corrected chi connectivity index (χ0v) is 17.7. The molecule has 2 heterocycles. The average Bonchev–Trinajstić information content (AvgIpc) is 3.18. The summed E-state index contributed by atoms with van der Waals surface area (Å²) < 4.78 is 6.43. The molecule has 6 heteroatoms. The Labute approximate surface area is 174 Å². The Hall–Kier alpha value is -2.34. The summed E-state index contributed by atoms with van der Waals surface area (Å²) in [6.07, 6.45) is 0. The molecule has 0 amide bonds. The van der Waals surface area contributed by atoms with E-state index >= 15 is 0 Å². The van der Waals surface area contributed by atoms with Crippen LogP contribution in [0.1, 0.15) is 18.4 Å². The van der Waals surface area contributed by atoms with Gasteiger partial charge in [0, 0.05) is 28.4 Å². The van der Waals surface area contributed by atoms with Crippen LogP contribution in [0.5, 0.6) is 5.75 Å². The highest BCUT2D eigenvalue weighted by molar-refractivity contribution is 7.17. The fraction of sp³-hybridized carbons (Fsp3) is 0.227. The highest BCUT2D eigenvalue weighted by atomic mass is 35.5. The number of hydrogen-bond donors (Lipinski definition) is 2. The Balaban J connectivity index is 0.00000225. The van der Waals surface area contributed by atoms with E-state index in [4.69, 9.17) is 4.74 Å². The third-order valence-electron chi connectivity index (χ3n) is 5.05.